The van der Waals surface area contributed by atoms with Gasteiger partial charge in [-0.2, -0.15) is 0 Å². The average Bonchev–Trinajstić information content (AvgIpc) is 1.72. The number of hydrogen-bond acceptors (Lipinski definition) is 1. The molecule has 1 rings (SSSR count). The minimum absolute atomic E-state index is 0. The third-order valence-corrected chi connectivity index (χ3v) is 0.667. The molecule has 0 aliphatic heterocycles. The summed E-state index contributed by atoms with van der Waals surface area (Å²) in [4.78, 5) is 0. The van der Waals surface area contributed by atoms with Crippen molar-refractivity contribution in [1.29, 1.82) is 0 Å². The van der Waals surface area contributed by atoms with E-state index in [0.717, 1.165) is 0 Å². The highest BCUT2D eigenvalue weighted by atomic mass is 35.5. The van der Waals surface area contributed by atoms with Crippen molar-refractivity contribution < 1.29 is 5.48 Å². The van der Waals surface area contributed by atoms with Gasteiger partial charge in [0.15, 0.2) is 0 Å². The fraction of sp³-hybridized carbons (Fsp3) is 0.143. The zero-order valence-corrected chi connectivity index (χ0v) is 5.90. The quantitative estimate of drug-likeness (QED) is 0.629. The van der Waals surface area contributed by atoms with Gasteiger partial charge in [-0.1, -0.05) is 43.8 Å². The van der Waals surface area contributed by atoms with Gasteiger partial charge in [0, 0.05) is 0 Å². The van der Waals surface area contributed by atoms with Crippen molar-refractivity contribution in [2.24, 2.45) is 0 Å². The van der Waals surface area contributed by atoms with Gasteiger partial charge in [-0.3, -0.25) is 0 Å². The molecule has 3 heteroatoms. The molecule has 0 saturated carbocycles. The van der Waals surface area contributed by atoms with Gasteiger partial charge in [-0.15, -0.1) is 12.4 Å². The Bertz CT molecular complexity index is 85.5. The maximum atomic E-state index is 2.00. The van der Waals surface area contributed by atoms with E-state index in [1.54, 1.807) is 0 Å². The molecule has 5 N–H and O–H groups in total. The lowest BCUT2D eigenvalue weighted by Gasteiger charge is -1.69. The molecule has 0 heterocycles. The molecule has 0 aliphatic carbocycles. The monoisotopic (exact) mass is 165 g/mol. The van der Waals surface area contributed by atoms with E-state index in [1.807, 2.05) is 36.4 Å². The summed E-state index contributed by atoms with van der Waals surface area (Å²) < 4.78 is 0. The zero-order chi connectivity index (χ0) is 4.24. The first-order valence-electron chi connectivity index (χ1n) is 2.00. The minimum atomic E-state index is 0. The van der Waals surface area contributed by atoms with Crippen molar-refractivity contribution in [2.75, 3.05) is 0 Å². The van der Waals surface area contributed by atoms with E-state index < -0.39 is 0 Å². The third kappa shape index (κ3) is 10.4. The lowest BCUT2D eigenvalue weighted by molar-refractivity contribution is 0.824. The van der Waals surface area contributed by atoms with E-state index in [0.29, 0.717) is 0 Å². The Morgan fingerprint density at radius 1 is 0.600 bits per heavy atom. The third-order valence-electron chi connectivity index (χ3n) is 0.667. The van der Waals surface area contributed by atoms with Crippen LogP contribution in [0.2, 0.25) is 0 Å². The van der Waals surface area contributed by atoms with Gasteiger partial charge in [-0.25, -0.2) is 0 Å². The maximum absolute atomic E-state index is 2.00. The molecule has 10 heavy (non-hydrogen) atoms. The molecule has 0 atom stereocenters. The highest BCUT2D eigenvalue weighted by molar-refractivity contribution is 5.85. The molecular weight excluding hydrogens is 150 g/mol. The second-order valence-electron chi connectivity index (χ2n) is 1.15. The molecule has 0 radical (unpaired) electrons. The second-order valence-corrected chi connectivity index (χ2v) is 1.15. The molecule has 0 unspecified atom stereocenters. The average molecular weight is 166 g/mol. The fourth-order valence-corrected chi connectivity index (χ4v) is 0.385. The minimum Gasteiger partial charge on any atom is -0.412 e. The van der Waals surface area contributed by atoms with Crippen LogP contribution in [-0.4, -0.2) is 5.48 Å². The molecule has 0 saturated heterocycles. The summed E-state index contributed by atoms with van der Waals surface area (Å²) in [7, 11) is 0. The lowest BCUT2D eigenvalue weighted by Crippen LogP contribution is -1.47. The Balaban J connectivity index is -0.0000000450. The van der Waals surface area contributed by atoms with Crippen LogP contribution in [-0.2, 0) is 0 Å². The van der Waals surface area contributed by atoms with Gasteiger partial charge in [0.1, 0.15) is 0 Å². The first-order chi connectivity index (χ1) is 3.00. The smallest absolute Gasteiger partial charge is 0.0623 e. The summed E-state index contributed by atoms with van der Waals surface area (Å²) in [6.45, 7) is 0. The van der Waals surface area contributed by atoms with Crippen molar-refractivity contribution in [3.8, 4) is 0 Å². The molecule has 0 spiro atoms. The molecule has 0 aromatic heterocycles. The number of rotatable bonds is 0. The van der Waals surface area contributed by atoms with Gasteiger partial charge in [0.05, 0.1) is 0 Å². The van der Waals surface area contributed by atoms with Crippen LogP contribution in [0.1, 0.15) is 7.43 Å². The SMILES string of the molecule is C.Cl.N.O.c1ccccc1. The Labute approximate surface area is 68.6 Å². The molecule has 2 nitrogen and oxygen atoms in total. The summed E-state index contributed by atoms with van der Waals surface area (Å²) in [5, 5.41) is 0. The van der Waals surface area contributed by atoms with Crippen LogP contribution in [0, 0.1) is 0 Å². The summed E-state index contributed by atoms with van der Waals surface area (Å²) >= 11 is 0. The van der Waals surface area contributed by atoms with Crippen molar-refractivity contribution in [1.82, 2.24) is 6.15 Å². The largest absolute Gasteiger partial charge is 0.412 e. The van der Waals surface area contributed by atoms with E-state index in [9.17, 15) is 0 Å². The Kier molecular flexibility index (Phi) is 35.9. The van der Waals surface area contributed by atoms with Crippen LogP contribution in [0.3, 0.4) is 0 Å². The summed E-state index contributed by atoms with van der Waals surface area (Å²) in [5.41, 5.74) is 0. The van der Waals surface area contributed by atoms with Gasteiger partial charge < -0.3 is 11.6 Å². The highest BCUT2D eigenvalue weighted by Gasteiger charge is 1.57. The Morgan fingerprint density at radius 2 is 0.700 bits per heavy atom. The number of halogens is 1. The standard InChI is InChI=1S/C6H6.CH4.ClH.H3N.H2O/c1-2-4-6-5-3-1;;;;/h1-6H;1H4;1H;1H3;1H2. The van der Waals surface area contributed by atoms with E-state index >= 15 is 0 Å². The van der Waals surface area contributed by atoms with Crippen molar-refractivity contribution in [3.05, 3.63) is 36.4 Å². The summed E-state index contributed by atoms with van der Waals surface area (Å²) in [6.07, 6.45) is 0. The van der Waals surface area contributed by atoms with Crippen LogP contribution < -0.4 is 6.15 Å². The van der Waals surface area contributed by atoms with Crippen molar-refractivity contribution in [3.63, 3.8) is 0 Å². The number of hydrogen-bond donors (Lipinski definition) is 1. The van der Waals surface area contributed by atoms with Gasteiger partial charge in [-0.05, 0) is 0 Å². The normalized spacial score (nSPS) is 4.80. The Hall–Kier alpha value is -0.570. The van der Waals surface area contributed by atoms with Gasteiger partial charge >= 0.3 is 0 Å². The first kappa shape index (κ1) is 22.7. The van der Waals surface area contributed by atoms with Crippen LogP contribution >= 0.6 is 12.4 Å². The maximum Gasteiger partial charge on any atom is -0.0623 e. The van der Waals surface area contributed by atoms with Crippen LogP contribution in [0.5, 0.6) is 0 Å². The zero-order valence-electron chi connectivity index (χ0n) is 5.08. The second kappa shape index (κ2) is 15.8. The predicted molar refractivity (Wildman–Crippen MR) is 49.1 cm³/mol. The molecular formula is C7H16ClNO. The van der Waals surface area contributed by atoms with Crippen LogP contribution in [0.15, 0.2) is 36.4 Å². The molecule has 0 aliphatic rings. The van der Waals surface area contributed by atoms with Crippen LogP contribution in [0.25, 0.3) is 0 Å². The van der Waals surface area contributed by atoms with Crippen molar-refractivity contribution in [2.45, 2.75) is 7.43 Å². The van der Waals surface area contributed by atoms with Gasteiger partial charge in [0.2, 0.25) is 0 Å². The van der Waals surface area contributed by atoms with E-state index in [2.05, 4.69) is 0 Å². The molecule has 1 aromatic carbocycles. The molecule has 1 aromatic rings. The number of benzene rings is 1. The van der Waals surface area contributed by atoms with Gasteiger partial charge in [0.25, 0.3) is 0 Å². The topological polar surface area (TPSA) is 66.5 Å². The van der Waals surface area contributed by atoms with Crippen LogP contribution in [0.4, 0.5) is 0 Å². The molecule has 0 fully saturated rings. The van der Waals surface area contributed by atoms with E-state index in [1.165, 1.54) is 0 Å². The molecule has 62 valence electrons. The fourth-order valence-electron chi connectivity index (χ4n) is 0.385. The van der Waals surface area contributed by atoms with E-state index in [-0.39, 0.29) is 31.5 Å². The molecule has 0 amide bonds. The highest BCUT2D eigenvalue weighted by Crippen LogP contribution is 1.79. The predicted octanol–water partition coefficient (Wildman–Crippen LogP) is 2.08. The van der Waals surface area contributed by atoms with Crippen molar-refractivity contribution >= 4 is 12.4 Å². The first-order valence-corrected chi connectivity index (χ1v) is 2.00. The summed E-state index contributed by atoms with van der Waals surface area (Å²) in [5.74, 6) is 0. The lowest BCUT2D eigenvalue weighted by atomic mass is 10.4. The molecule has 0 bridgehead atoms. The van der Waals surface area contributed by atoms with E-state index in [4.69, 9.17) is 0 Å². The Morgan fingerprint density at radius 3 is 0.800 bits per heavy atom. The summed E-state index contributed by atoms with van der Waals surface area (Å²) in [6, 6.07) is 12.0.